The van der Waals surface area contributed by atoms with Crippen LogP contribution in [0.1, 0.15) is 12.5 Å². The van der Waals surface area contributed by atoms with Crippen LogP contribution in [0.25, 0.3) is 0 Å². The smallest absolute Gasteiger partial charge is 0.128 e. The zero-order valence-electron chi connectivity index (χ0n) is 7.83. The first-order valence-corrected chi connectivity index (χ1v) is 4.70. The second-order valence-corrected chi connectivity index (χ2v) is 3.54. The lowest BCUT2D eigenvalue weighted by Gasteiger charge is -2.19. The molecule has 2 rings (SSSR count). The van der Waals surface area contributed by atoms with Crippen molar-refractivity contribution in [3.8, 4) is 0 Å². The molecule has 0 aliphatic carbocycles. The average molecular weight is 174 g/mol. The highest BCUT2D eigenvalue weighted by molar-refractivity contribution is 5.99. The standard InChI is InChI=1S/C11H14N2/c1-9-7-12-11(13-8-9)10-5-3-2-4-6-10/h2-6,9H,7-8H2,1H3,(H,12,13). The SMILES string of the molecule is CC1CN=C(c2ccccc2)NC1. The molecule has 1 aliphatic rings. The van der Waals surface area contributed by atoms with Crippen LogP contribution in [-0.4, -0.2) is 18.9 Å². The number of nitrogens with one attached hydrogen (secondary N) is 1. The van der Waals surface area contributed by atoms with E-state index in [2.05, 4.69) is 29.4 Å². The second-order valence-electron chi connectivity index (χ2n) is 3.54. The van der Waals surface area contributed by atoms with Gasteiger partial charge in [-0.05, 0) is 5.92 Å². The van der Waals surface area contributed by atoms with E-state index in [1.807, 2.05) is 18.2 Å². The Morgan fingerprint density at radius 3 is 2.69 bits per heavy atom. The molecule has 1 aliphatic heterocycles. The Bertz CT molecular complexity index is 303. The van der Waals surface area contributed by atoms with Crippen molar-refractivity contribution in [3.63, 3.8) is 0 Å². The summed E-state index contributed by atoms with van der Waals surface area (Å²) in [4.78, 5) is 4.49. The predicted octanol–water partition coefficient (Wildman–Crippen LogP) is 1.67. The Hall–Kier alpha value is -1.31. The maximum Gasteiger partial charge on any atom is 0.128 e. The van der Waals surface area contributed by atoms with Crippen molar-refractivity contribution in [1.29, 1.82) is 0 Å². The van der Waals surface area contributed by atoms with Gasteiger partial charge in [-0.25, -0.2) is 0 Å². The van der Waals surface area contributed by atoms with Crippen LogP contribution in [0.5, 0.6) is 0 Å². The van der Waals surface area contributed by atoms with Gasteiger partial charge in [0.1, 0.15) is 5.84 Å². The van der Waals surface area contributed by atoms with E-state index in [0.717, 1.165) is 18.9 Å². The van der Waals surface area contributed by atoms with Gasteiger partial charge in [-0.2, -0.15) is 0 Å². The molecule has 0 spiro atoms. The average Bonchev–Trinajstić information content (AvgIpc) is 2.20. The molecule has 0 aromatic heterocycles. The summed E-state index contributed by atoms with van der Waals surface area (Å²) in [5, 5.41) is 3.34. The fraction of sp³-hybridized carbons (Fsp3) is 0.364. The Morgan fingerprint density at radius 1 is 1.31 bits per heavy atom. The van der Waals surface area contributed by atoms with Crippen LogP contribution in [-0.2, 0) is 0 Å². The van der Waals surface area contributed by atoms with Gasteiger partial charge >= 0.3 is 0 Å². The van der Waals surface area contributed by atoms with E-state index in [1.165, 1.54) is 5.56 Å². The van der Waals surface area contributed by atoms with Gasteiger partial charge in [0.25, 0.3) is 0 Å². The minimum absolute atomic E-state index is 0.660. The third-order valence-corrected chi connectivity index (χ3v) is 2.23. The highest BCUT2D eigenvalue weighted by Gasteiger charge is 2.10. The first-order valence-electron chi connectivity index (χ1n) is 4.70. The number of amidine groups is 1. The molecule has 0 fully saturated rings. The lowest BCUT2D eigenvalue weighted by atomic mass is 10.1. The van der Waals surface area contributed by atoms with Crippen molar-refractivity contribution < 1.29 is 0 Å². The molecule has 0 bridgehead atoms. The minimum atomic E-state index is 0.660. The molecule has 13 heavy (non-hydrogen) atoms. The lowest BCUT2D eigenvalue weighted by Crippen LogP contribution is -2.34. The summed E-state index contributed by atoms with van der Waals surface area (Å²) in [6.45, 7) is 4.18. The number of hydrogen-bond donors (Lipinski definition) is 1. The normalized spacial score (nSPS) is 21.9. The highest BCUT2D eigenvalue weighted by Crippen LogP contribution is 2.05. The topological polar surface area (TPSA) is 24.4 Å². The maximum absolute atomic E-state index is 4.49. The third kappa shape index (κ3) is 1.89. The van der Waals surface area contributed by atoms with Crippen molar-refractivity contribution in [3.05, 3.63) is 35.9 Å². The van der Waals surface area contributed by atoms with Gasteiger partial charge in [-0.1, -0.05) is 37.3 Å². The van der Waals surface area contributed by atoms with Crippen LogP contribution in [0.4, 0.5) is 0 Å². The summed E-state index contributed by atoms with van der Waals surface area (Å²) in [5.74, 6) is 1.70. The van der Waals surface area contributed by atoms with Crippen LogP contribution in [0.2, 0.25) is 0 Å². The van der Waals surface area contributed by atoms with Crippen molar-refractivity contribution >= 4 is 5.84 Å². The van der Waals surface area contributed by atoms with Crippen LogP contribution in [0.15, 0.2) is 35.3 Å². The van der Waals surface area contributed by atoms with Gasteiger partial charge in [0.15, 0.2) is 0 Å². The molecule has 0 radical (unpaired) electrons. The molecule has 1 N–H and O–H groups in total. The molecule has 2 nitrogen and oxygen atoms in total. The Labute approximate surface area is 78.7 Å². The van der Waals surface area contributed by atoms with E-state index >= 15 is 0 Å². The summed E-state index contributed by atoms with van der Waals surface area (Å²) in [6.07, 6.45) is 0. The number of hydrogen-bond acceptors (Lipinski definition) is 2. The van der Waals surface area contributed by atoms with E-state index in [4.69, 9.17) is 0 Å². The zero-order valence-corrected chi connectivity index (χ0v) is 7.83. The molecule has 68 valence electrons. The molecular weight excluding hydrogens is 160 g/mol. The van der Waals surface area contributed by atoms with Crippen molar-refractivity contribution in [1.82, 2.24) is 5.32 Å². The van der Waals surface area contributed by atoms with Crippen LogP contribution >= 0.6 is 0 Å². The summed E-state index contributed by atoms with van der Waals surface area (Å²) in [5.41, 5.74) is 1.19. The Balaban J connectivity index is 2.19. The molecule has 2 heteroatoms. The van der Waals surface area contributed by atoms with E-state index in [-0.39, 0.29) is 0 Å². The summed E-state index contributed by atoms with van der Waals surface area (Å²) < 4.78 is 0. The van der Waals surface area contributed by atoms with Crippen LogP contribution < -0.4 is 5.32 Å². The van der Waals surface area contributed by atoms with Crippen LogP contribution in [0.3, 0.4) is 0 Å². The molecule has 1 atom stereocenters. The van der Waals surface area contributed by atoms with Crippen LogP contribution in [0, 0.1) is 5.92 Å². The number of nitrogens with zero attached hydrogens (tertiary/aromatic N) is 1. The van der Waals surface area contributed by atoms with Gasteiger partial charge in [0, 0.05) is 18.7 Å². The fourth-order valence-electron chi connectivity index (χ4n) is 1.43. The second kappa shape index (κ2) is 3.60. The molecule has 0 saturated heterocycles. The first-order chi connectivity index (χ1) is 6.36. The van der Waals surface area contributed by atoms with E-state index in [0.29, 0.717) is 5.92 Å². The number of aliphatic imine (C=N–C) groups is 1. The van der Waals surface area contributed by atoms with Crippen molar-refractivity contribution in [2.75, 3.05) is 13.1 Å². The monoisotopic (exact) mass is 174 g/mol. The predicted molar refractivity (Wildman–Crippen MR) is 55.0 cm³/mol. The van der Waals surface area contributed by atoms with E-state index in [1.54, 1.807) is 0 Å². The van der Waals surface area contributed by atoms with Gasteiger partial charge < -0.3 is 5.32 Å². The molecule has 0 amide bonds. The fourth-order valence-corrected chi connectivity index (χ4v) is 1.43. The highest BCUT2D eigenvalue weighted by atomic mass is 15.0. The molecule has 1 unspecified atom stereocenters. The molecular formula is C11H14N2. The molecule has 1 aromatic rings. The van der Waals surface area contributed by atoms with Crippen molar-refractivity contribution in [2.24, 2.45) is 10.9 Å². The molecule has 1 aromatic carbocycles. The summed E-state index contributed by atoms with van der Waals surface area (Å²) in [6, 6.07) is 10.3. The van der Waals surface area contributed by atoms with E-state index < -0.39 is 0 Å². The largest absolute Gasteiger partial charge is 0.370 e. The minimum Gasteiger partial charge on any atom is -0.370 e. The van der Waals surface area contributed by atoms with Gasteiger partial charge in [-0.15, -0.1) is 0 Å². The number of rotatable bonds is 1. The summed E-state index contributed by atoms with van der Waals surface area (Å²) in [7, 11) is 0. The number of benzene rings is 1. The van der Waals surface area contributed by atoms with Crippen molar-refractivity contribution in [2.45, 2.75) is 6.92 Å². The molecule has 0 saturated carbocycles. The maximum atomic E-state index is 4.49. The quantitative estimate of drug-likeness (QED) is 0.688. The third-order valence-electron chi connectivity index (χ3n) is 2.23. The van der Waals surface area contributed by atoms with E-state index in [9.17, 15) is 0 Å². The Morgan fingerprint density at radius 2 is 2.08 bits per heavy atom. The summed E-state index contributed by atoms with van der Waals surface area (Å²) >= 11 is 0. The molecule has 1 heterocycles. The van der Waals surface area contributed by atoms with Gasteiger partial charge in [0.05, 0.1) is 0 Å². The lowest BCUT2D eigenvalue weighted by molar-refractivity contribution is 0.554. The van der Waals surface area contributed by atoms with Gasteiger partial charge in [0.2, 0.25) is 0 Å². The zero-order chi connectivity index (χ0) is 9.10. The first kappa shape index (κ1) is 8.30. The Kier molecular flexibility index (Phi) is 2.30. The van der Waals surface area contributed by atoms with Gasteiger partial charge in [-0.3, -0.25) is 4.99 Å².